The number of aliphatic hydroxyl groups is 1. The van der Waals surface area contributed by atoms with Crippen LogP contribution in [0.4, 0.5) is 0 Å². The van der Waals surface area contributed by atoms with E-state index in [4.69, 9.17) is 9.66 Å². The maximum Gasteiger partial charge on any atom is 0.294 e. The molecule has 4 nitrogen and oxygen atoms in total. The second-order valence-corrected chi connectivity index (χ2v) is 9.37. The minimum Gasteiger partial charge on any atom is -0.396 e. The van der Waals surface area contributed by atoms with Crippen molar-refractivity contribution in [3.63, 3.8) is 0 Å². The molecular weight excluding hydrogens is 396 g/mol. The van der Waals surface area contributed by atoms with Gasteiger partial charge in [-0.25, -0.2) is 0 Å². The number of rotatable bonds is 16. The molecular formula is C25H44O4S. The van der Waals surface area contributed by atoms with Crippen LogP contribution in [0, 0.1) is 6.92 Å². The van der Waals surface area contributed by atoms with E-state index in [1.807, 2.05) is 6.92 Å². The molecule has 0 saturated carbocycles. The molecule has 174 valence electrons. The Labute approximate surface area is 185 Å². The van der Waals surface area contributed by atoms with E-state index in [0.29, 0.717) is 6.61 Å². The molecule has 0 fully saturated rings. The maximum atomic E-state index is 10.5. The van der Waals surface area contributed by atoms with Gasteiger partial charge in [0.1, 0.15) is 0 Å². The van der Waals surface area contributed by atoms with Crippen LogP contribution in [0.2, 0.25) is 0 Å². The van der Waals surface area contributed by atoms with Crippen LogP contribution in [0.25, 0.3) is 0 Å². The Kier molecular flexibility index (Phi) is 19.0. The van der Waals surface area contributed by atoms with Crippen LogP contribution in [0.15, 0.2) is 41.3 Å². The Balaban J connectivity index is 0.000000642. The Bertz CT molecular complexity index is 621. The predicted molar refractivity (Wildman–Crippen MR) is 128 cm³/mol. The molecule has 0 amide bonds. The van der Waals surface area contributed by atoms with E-state index in [2.05, 4.69) is 19.1 Å². The maximum absolute atomic E-state index is 10.5. The fourth-order valence-corrected chi connectivity index (χ4v) is 3.55. The first kappa shape index (κ1) is 28.8. The highest BCUT2D eigenvalue weighted by Crippen LogP contribution is 2.10. The molecule has 0 aliphatic carbocycles. The molecule has 0 radical (unpaired) electrons. The van der Waals surface area contributed by atoms with Crippen LogP contribution in [0.3, 0.4) is 0 Å². The van der Waals surface area contributed by atoms with Gasteiger partial charge in [-0.1, -0.05) is 94.6 Å². The van der Waals surface area contributed by atoms with E-state index in [0.717, 1.165) is 12.0 Å². The van der Waals surface area contributed by atoms with E-state index in [9.17, 15) is 8.42 Å². The summed E-state index contributed by atoms with van der Waals surface area (Å²) < 4.78 is 29.6. The summed E-state index contributed by atoms with van der Waals surface area (Å²) in [7, 11) is -4.02. The molecule has 0 atom stereocenters. The largest absolute Gasteiger partial charge is 0.396 e. The van der Waals surface area contributed by atoms with Gasteiger partial charge in [0.05, 0.1) is 4.90 Å². The van der Waals surface area contributed by atoms with Crippen molar-refractivity contribution in [1.82, 2.24) is 0 Å². The summed E-state index contributed by atoms with van der Waals surface area (Å²) in [6, 6.07) is 5.99. The van der Waals surface area contributed by atoms with Crippen molar-refractivity contribution in [2.75, 3.05) is 6.61 Å². The standard InChI is InChI=1S/C18H36O.C7H8O3S/c1-2-3-4-5-6-7-8-9-10-11-12-13-14-15-16-17-18-19;1-6-2-4-7(5-3-6)11(8,9)10/h9-10,19H,2-8,11-18H2,1H3;2-5H,1H3,(H,8,9,10). The molecule has 0 aromatic heterocycles. The van der Waals surface area contributed by atoms with Crippen molar-refractivity contribution in [3.05, 3.63) is 42.0 Å². The second-order valence-electron chi connectivity index (χ2n) is 7.95. The number of unbranched alkanes of at least 4 members (excludes halogenated alkanes) is 12. The van der Waals surface area contributed by atoms with Gasteiger partial charge in [0.25, 0.3) is 10.1 Å². The van der Waals surface area contributed by atoms with Crippen LogP contribution in [-0.4, -0.2) is 24.7 Å². The monoisotopic (exact) mass is 440 g/mol. The first-order chi connectivity index (χ1) is 14.4. The van der Waals surface area contributed by atoms with E-state index in [1.165, 1.54) is 95.6 Å². The molecule has 1 aromatic carbocycles. The van der Waals surface area contributed by atoms with Gasteiger partial charge in [-0.05, 0) is 51.2 Å². The van der Waals surface area contributed by atoms with Gasteiger partial charge in [-0.2, -0.15) is 8.42 Å². The zero-order chi connectivity index (χ0) is 22.5. The topological polar surface area (TPSA) is 74.6 Å². The molecule has 0 unspecified atom stereocenters. The number of aryl methyl sites for hydroxylation is 1. The quantitative estimate of drug-likeness (QED) is 0.161. The van der Waals surface area contributed by atoms with Crippen LogP contribution in [-0.2, 0) is 10.1 Å². The highest BCUT2D eigenvalue weighted by atomic mass is 32.2. The van der Waals surface area contributed by atoms with Gasteiger partial charge in [-0.3, -0.25) is 4.55 Å². The van der Waals surface area contributed by atoms with Gasteiger partial charge in [0.15, 0.2) is 0 Å². The lowest BCUT2D eigenvalue weighted by Gasteiger charge is -1.99. The Morgan fingerprint density at radius 2 is 1.17 bits per heavy atom. The average Bonchev–Trinajstić information content (AvgIpc) is 2.71. The first-order valence-electron chi connectivity index (χ1n) is 11.7. The SMILES string of the molecule is CCCCCCCCC=CCCCCCCCCO.Cc1ccc(S(=O)(=O)O)cc1. The molecule has 1 rings (SSSR count). The highest BCUT2D eigenvalue weighted by Gasteiger charge is 2.06. The fourth-order valence-electron chi connectivity index (χ4n) is 3.07. The van der Waals surface area contributed by atoms with Crippen LogP contribution >= 0.6 is 0 Å². The Hall–Kier alpha value is -1.17. The van der Waals surface area contributed by atoms with Crippen LogP contribution in [0.1, 0.15) is 102 Å². The van der Waals surface area contributed by atoms with Crippen molar-refractivity contribution < 1.29 is 18.1 Å². The zero-order valence-electron chi connectivity index (χ0n) is 19.2. The highest BCUT2D eigenvalue weighted by molar-refractivity contribution is 7.85. The van der Waals surface area contributed by atoms with E-state index < -0.39 is 10.1 Å². The number of hydrogen-bond acceptors (Lipinski definition) is 3. The number of hydrogen-bond donors (Lipinski definition) is 2. The summed E-state index contributed by atoms with van der Waals surface area (Å²) in [5.74, 6) is 0. The van der Waals surface area contributed by atoms with Gasteiger partial charge < -0.3 is 5.11 Å². The molecule has 0 heterocycles. The molecule has 2 N–H and O–H groups in total. The smallest absolute Gasteiger partial charge is 0.294 e. The van der Waals surface area contributed by atoms with Crippen LogP contribution in [0.5, 0.6) is 0 Å². The lowest BCUT2D eigenvalue weighted by Crippen LogP contribution is -1.96. The van der Waals surface area contributed by atoms with E-state index >= 15 is 0 Å². The molecule has 30 heavy (non-hydrogen) atoms. The zero-order valence-corrected chi connectivity index (χ0v) is 20.0. The fraction of sp³-hybridized carbons (Fsp3) is 0.680. The Morgan fingerprint density at radius 1 is 0.733 bits per heavy atom. The number of aliphatic hydroxyl groups excluding tert-OH is 1. The molecule has 0 spiro atoms. The normalized spacial score (nSPS) is 11.5. The lowest BCUT2D eigenvalue weighted by atomic mass is 10.1. The molecule has 0 aliphatic heterocycles. The lowest BCUT2D eigenvalue weighted by molar-refractivity contribution is 0.282. The third-order valence-corrected chi connectivity index (χ3v) is 5.86. The summed E-state index contributed by atoms with van der Waals surface area (Å²) in [6.07, 6.45) is 23.2. The molecule has 1 aromatic rings. The Morgan fingerprint density at radius 3 is 1.60 bits per heavy atom. The van der Waals surface area contributed by atoms with Gasteiger partial charge in [0, 0.05) is 6.61 Å². The summed E-state index contributed by atoms with van der Waals surface area (Å²) in [5, 5.41) is 8.66. The van der Waals surface area contributed by atoms with E-state index in [-0.39, 0.29) is 4.90 Å². The first-order valence-corrected chi connectivity index (χ1v) is 13.2. The molecule has 5 heteroatoms. The summed E-state index contributed by atoms with van der Waals surface area (Å²) >= 11 is 0. The minimum atomic E-state index is -4.02. The molecule has 0 aliphatic rings. The summed E-state index contributed by atoms with van der Waals surface area (Å²) in [6.45, 7) is 4.48. The van der Waals surface area contributed by atoms with E-state index in [1.54, 1.807) is 12.1 Å². The average molecular weight is 441 g/mol. The number of allylic oxidation sites excluding steroid dienone is 2. The summed E-state index contributed by atoms with van der Waals surface area (Å²) in [5.41, 5.74) is 0.956. The van der Waals surface area contributed by atoms with Gasteiger partial charge >= 0.3 is 0 Å². The third-order valence-electron chi connectivity index (χ3n) is 4.99. The van der Waals surface area contributed by atoms with Crippen molar-refractivity contribution in [3.8, 4) is 0 Å². The third kappa shape index (κ3) is 18.8. The van der Waals surface area contributed by atoms with Crippen LogP contribution < -0.4 is 0 Å². The molecule has 0 saturated heterocycles. The van der Waals surface area contributed by atoms with Crippen molar-refractivity contribution in [2.45, 2.75) is 109 Å². The van der Waals surface area contributed by atoms with Gasteiger partial charge in [-0.15, -0.1) is 0 Å². The van der Waals surface area contributed by atoms with Gasteiger partial charge in [0.2, 0.25) is 0 Å². The second kappa shape index (κ2) is 19.8. The summed E-state index contributed by atoms with van der Waals surface area (Å²) in [4.78, 5) is -0.0666. The predicted octanol–water partition coefficient (Wildman–Crippen LogP) is 7.26. The van der Waals surface area contributed by atoms with Crippen molar-refractivity contribution >= 4 is 10.1 Å². The van der Waals surface area contributed by atoms with Crippen molar-refractivity contribution in [1.29, 1.82) is 0 Å². The molecule has 0 bridgehead atoms. The number of benzene rings is 1. The van der Waals surface area contributed by atoms with Crippen molar-refractivity contribution in [2.24, 2.45) is 0 Å². The minimum absolute atomic E-state index is 0.0666.